The van der Waals surface area contributed by atoms with E-state index < -0.39 is 0 Å². The van der Waals surface area contributed by atoms with Crippen molar-refractivity contribution < 1.29 is 9.59 Å². The van der Waals surface area contributed by atoms with Crippen LogP contribution in [0.5, 0.6) is 0 Å². The van der Waals surface area contributed by atoms with Crippen LogP contribution in [0, 0.1) is 0 Å². The molecule has 0 aliphatic heterocycles. The molecule has 0 bridgehead atoms. The van der Waals surface area contributed by atoms with Gasteiger partial charge >= 0.3 is 0 Å². The number of rotatable bonds is 8. The van der Waals surface area contributed by atoms with Gasteiger partial charge in [-0.05, 0) is 33.2 Å². The number of unbranched alkanes of at least 4 members (excludes halogenated alkanes) is 1. The predicted octanol–water partition coefficient (Wildman–Crippen LogP) is 0.860. The van der Waals surface area contributed by atoms with Gasteiger partial charge in [0.15, 0.2) is 0 Å². The van der Waals surface area contributed by atoms with Crippen molar-refractivity contribution in [3.8, 4) is 0 Å². The topological polar surface area (TPSA) is 58.2 Å². The number of hydrogen-bond acceptors (Lipinski definition) is 3. The summed E-state index contributed by atoms with van der Waals surface area (Å²) < 4.78 is 0. The standard InChI is InChI=1S/C11H22N2O2/c1-4-11(15)13-8-6-5-7-10(12-3)9(2)14/h10,12H,4-8H2,1-3H3,(H,13,15). The highest BCUT2D eigenvalue weighted by Gasteiger charge is 2.09. The summed E-state index contributed by atoms with van der Waals surface area (Å²) in [5, 5.41) is 5.78. The molecule has 4 heteroatoms. The molecule has 1 unspecified atom stereocenters. The van der Waals surface area contributed by atoms with Crippen molar-refractivity contribution in [3.05, 3.63) is 0 Å². The SMILES string of the molecule is CCC(=O)NCCCCC(NC)C(C)=O. The Balaban J connectivity index is 3.45. The third-order valence-corrected chi connectivity index (χ3v) is 2.40. The summed E-state index contributed by atoms with van der Waals surface area (Å²) in [5.41, 5.74) is 0. The largest absolute Gasteiger partial charge is 0.356 e. The van der Waals surface area contributed by atoms with Gasteiger partial charge in [-0.3, -0.25) is 9.59 Å². The molecule has 4 nitrogen and oxygen atoms in total. The van der Waals surface area contributed by atoms with Crippen molar-refractivity contribution in [2.45, 2.75) is 45.6 Å². The second-order valence-corrected chi connectivity index (χ2v) is 3.65. The fourth-order valence-electron chi connectivity index (χ4n) is 1.38. The van der Waals surface area contributed by atoms with Crippen LogP contribution >= 0.6 is 0 Å². The summed E-state index contributed by atoms with van der Waals surface area (Å²) in [7, 11) is 1.80. The molecule has 1 atom stereocenters. The fraction of sp³-hybridized carbons (Fsp3) is 0.818. The minimum absolute atomic E-state index is 0.0353. The van der Waals surface area contributed by atoms with Gasteiger partial charge in [-0.25, -0.2) is 0 Å². The van der Waals surface area contributed by atoms with Crippen molar-refractivity contribution >= 4 is 11.7 Å². The van der Waals surface area contributed by atoms with Crippen LogP contribution in [0.15, 0.2) is 0 Å². The van der Waals surface area contributed by atoms with E-state index >= 15 is 0 Å². The van der Waals surface area contributed by atoms with Crippen molar-refractivity contribution in [1.29, 1.82) is 0 Å². The van der Waals surface area contributed by atoms with E-state index in [1.807, 2.05) is 6.92 Å². The first-order valence-electron chi connectivity index (χ1n) is 5.56. The van der Waals surface area contributed by atoms with Crippen molar-refractivity contribution in [3.63, 3.8) is 0 Å². The molecule has 0 aliphatic rings. The highest BCUT2D eigenvalue weighted by molar-refractivity contribution is 5.81. The van der Waals surface area contributed by atoms with Crippen molar-refractivity contribution in [1.82, 2.24) is 10.6 Å². The molecule has 0 rings (SSSR count). The van der Waals surface area contributed by atoms with Crippen LogP contribution in [-0.4, -0.2) is 31.3 Å². The molecular weight excluding hydrogens is 192 g/mol. The molecule has 0 spiro atoms. The summed E-state index contributed by atoms with van der Waals surface area (Å²) >= 11 is 0. The van der Waals surface area contributed by atoms with Crippen LogP contribution < -0.4 is 10.6 Å². The Labute approximate surface area is 91.8 Å². The van der Waals surface area contributed by atoms with E-state index in [-0.39, 0.29) is 17.7 Å². The van der Waals surface area contributed by atoms with Crippen LogP contribution in [0.1, 0.15) is 39.5 Å². The van der Waals surface area contributed by atoms with Gasteiger partial charge < -0.3 is 10.6 Å². The van der Waals surface area contributed by atoms with Crippen LogP contribution in [0.4, 0.5) is 0 Å². The molecule has 0 fully saturated rings. The third-order valence-electron chi connectivity index (χ3n) is 2.40. The Morgan fingerprint density at radius 2 is 1.93 bits per heavy atom. The summed E-state index contributed by atoms with van der Waals surface area (Å²) in [4.78, 5) is 22.0. The molecule has 0 aromatic rings. The lowest BCUT2D eigenvalue weighted by Crippen LogP contribution is -2.32. The average Bonchev–Trinajstić information content (AvgIpc) is 2.22. The highest BCUT2D eigenvalue weighted by Crippen LogP contribution is 2.01. The van der Waals surface area contributed by atoms with E-state index in [9.17, 15) is 9.59 Å². The van der Waals surface area contributed by atoms with Gasteiger partial charge in [0.1, 0.15) is 5.78 Å². The second kappa shape index (κ2) is 8.41. The molecule has 88 valence electrons. The van der Waals surface area contributed by atoms with Crippen LogP contribution in [0.2, 0.25) is 0 Å². The van der Waals surface area contributed by atoms with Crippen molar-refractivity contribution in [2.75, 3.05) is 13.6 Å². The fourth-order valence-corrected chi connectivity index (χ4v) is 1.38. The first-order valence-corrected chi connectivity index (χ1v) is 5.56. The summed E-state index contributed by atoms with van der Waals surface area (Å²) in [6.45, 7) is 4.14. The number of carbonyl (C=O) groups is 2. The molecule has 15 heavy (non-hydrogen) atoms. The van der Waals surface area contributed by atoms with E-state index in [1.54, 1.807) is 14.0 Å². The summed E-state index contributed by atoms with van der Waals surface area (Å²) in [5.74, 6) is 0.266. The molecular formula is C11H22N2O2. The number of ketones is 1. The number of likely N-dealkylation sites (N-methyl/N-ethyl adjacent to an activating group) is 1. The molecule has 0 aromatic heterocycles. The van der Waals surface area contributed by atoms with E-state index in [4.69, 9.17) is 0 Å². The zero-order chi connectivity index (χ0) is 11.7. The first kappa shape index (κ1) is 14.1. The van der Waals surface area contributed by atoms with E-state index in [0.29, 0.717) is 13.0 Å². The lowest BCUT2D eigenvalue weighted by molar-refractivity contribution is -0.121. The van der Waals surface area contributed by atoms with Gasteiger partial charge in [0.25, 0.3) is 0 Å². The van der Waals surface area contributed by atoms with E-state index in [2.05, 4.69) is 10.6 Å². The third kappa shape index (κ3) is 7.08. The molecule has 0 saturated carbocycles. The number of carbonyl (C=O) groups excluding carboxylic acids is 2. The lowest BCUT2D eigenvalue weighted by atomic mass is 10.1. The zero-order valence-electron chi connectivity index (χ0n) is 9.93. The Kier molecular flexibility index (Phi) is 7.91. The summed E-state index contributed by atoms with van der Waals surface area (Å²) in [6, 6.07) is -0.0353. The molecule has 2 N–H and O–H groups in total. The normalized spacial score (nSPS) is 12.2. The maximum atomic E-state index is 11.1. The number of nitrogens with one attached hydrogen (secondary N) is 2. The summed E-state index contributed by atoms with van der Waals surface area (Å²) in [6.07, 6.45) is 3.26. The second-order valence-electron chi connectivity index (χ2n) is 3.65. The maximum Gasteiger partial charge on any atom is 0.219 e. The van der Waals surface area contributed by atoms with Gasteiger partial charge in [-0.1, -0.05) is 6.92 Å². The predicted molar refractivity (Wildman–Crippen MR) is 60.7 cm³/mol. The van der Waals surface area contributed by atoms with Gasteiger partial charge in [-0.15, -0.1) is 0 Å². The Bertz CT molecular complexity index is 205. The quantitative estimate of drug-likeness (QED) is 0.589. The molecule has 0 radical (unpaired) electrons. The number of Topliss-reactive ketones (excluding diaryl/α,β-unsaturated/α-hetero) is 1. The van der Waals surface area contributed by atoms with Crippen LogP contribution in [0.3, 0.4) is 0 Å². The number of amides is 1. The Hall–Kier alpha value is -0.900. The van der Waals surface area contributed by atoms with Crippen molar-refractivity contribution in [2.24, 2.45) is 0 Å². The average molecular weight is 214 g/mol. The molecule has 0 aliphatic carbocycles. The maximum absolute atomic E-state index is 11.1. The van der Waals surface area contributed by atoms with Gasteiger partial charge in [-0.2, -0.15) is 0 Å². The molecule has 0 saturated heterocycles. The van der Waals surface area contributed by atoms with Gasteiger partial charge in [0, 0.05) is 13.0 Å². The smallest absolute Gasteiger partial charge is 0.219 e. The minimum Gasteiger partial charge on any atom is -0.356 e. The zero-order valence-corrected chi connectivity index (χ0v) is 9.93. The minimum atomic E-state index is -0.0353. The Morgan fingerprint density at radius 1 is 1.27 bits per heavy atom. The van der Waals surface area contributed by atoms with E-state index in [0.717, 1.165) is 19.3 Å². The first-order chi connectivity index (χ1) is 7.11. The molecule has 0 aromatic carbocycles. The van der Waals surface area contributed by atoms with Crippen LogP contribution in [-0.2, 0) is 9.59 Å². The number of hydrogen-bond donors (Lipinski definition) is 2. The monoisotopic (exact) mass is 214 g/mol. The molecule has 1 amide bonds. The van der Waals surface area contributed by atoms with Gasteiger partial charge in [0.2, 0.25) is 5.91 Å². The van der Waals surface area contributed by atoms with Crippen LogP contribution in [0.25, 0.3) is 0 Å². The van der Waals surface area contributed by atoms with E-state index in [1.165, 1.54) is 0 Å². The lowest BCUT2D eigenvalue weighted by Gasteiger charge is -2.12. The molecule has 0 heterocycles. The highest BCUT2D eigenvalue weighted by atomic mass is 16.1. The van der Waals surface area contributed by atoms with Gasteiger partial charge in [0.05, 0.1) is 6.04 Å². The Morgan fingerprint density at radius 3 is 2.40 bits per heavy atom.